The average Bonchev–Trinajstić information content (AvgIpc) is 1.81. The Hall–Kier alpha value is -0.0400. The van der Waals surface area contributed by atoms with Crippen LogP contribution in [0.5, 0.6) is 0 Å². The molecule has 80 valence electrons. The highest BCUT2D eigenvalue weighted by molar-refractivity contribution is 4.76. The molecule has 2 unspecified atom stereocenters. The van der Waals surface area contributed by atoms with Gasteiger partial charge in [0, 0.05) is 6.04 Å². The van der Waals surface area contributed by atoms with Crippen molar-refractivity contribution in [1.29, 1.82) is 0 Å². The molecular weight excluding hydrogens is 158 g/mol. The van der Waals surface area contributed by atoms with Crippen molar-refractivity contribution in [3.8, 4) is 0 Å². The summed E-state index contributed by atoms with van der Waals surface area (Å²) in [6.07, 6.45) is 2.41. The van der Waals surface area contributed by atoms with Crippen LogP contribution >= 0.6 is 0 Å². The predicted molar refractivity (Wildman–Crippen MR) is 60.7 cm³/mol. The maximum atomic E-state index is 5.83. The maximum Gasteiger partial charge on any atom is 0.00155 e. The topological polar surface area (TPSA) is 26.0 Å². The smallest absolute Gasteiger partial charge is 0.00155 e. The minimum absolute atomic E-state index is 0.328. The van der Waals surface area contributed by atoms with Crippen molar-refractivity contribution >= 4 is 0 Å². The van der Waals surface area contributed by atoms with Gasteiger partial charge in [0.2, 0.25) is 0 Å². The Morgan fingerprint density at radius 1 is 1.00 bits per heavy atom. The summed E-state index contributed by atoms with van der Waals surface area (Å²) in [5.41, 5.74) is 6.23. The second-order valence-electron chi connectivity index (χ2n) is 5.77. The molecule has 0 aliphatic carbocycles. The molecule has 13 heavy (non-hydrogen) atoms. The van der Waals surface area contributed by atoms with Crippen molar-refractivity contribution in [2.75, 3.05) is 0 Å². The Morgan fingerprint density at radius 2 is 1.46 bits per heavy atom. The van der Waals surface area contributed by atoms with Gasteiger partial charge < -0.3 is 5.73 Å². The zero-order valence-corrected chi connectivity index (χ0v) is 10.2. The van der Waals surface area contributed by atoms with E-state index in [4.69, 9.17) is 5.73 Å². The van der Waals surface area contributed by atoms with Crippen molar-refractivity contribution < 1.29 is 0 Å². The molecule has 2 N–H and O–H groups in total. The molecule has 0 aromatic carbocycles. The average molecular weight is 185 g/mol. The highest BCUT2D eigenvalue weighted by atomic mass is 14.6. The van der Waals surface area contributed by atoms with Crippen LogP contribution in [0.4, 0.5) is 0 Å². The number of hydrogen-bond donors (Lipinski definition) is 1. The second-order valence-corrected chi connectivity index (χ2v) is 5.77. The van der Waals surface area contributed by atoms with Gasteiger partial charge in [0.15, 0.2) is 0 Å². The lowest BCUT2D eigenvalue weighted by Gasteiger charge is -2.31. The largest absolute Gasteiger partial charge is 0.328 e. The van der Waals surface area contributed by atoms with Gasteiger partial charge >= 0.3 is 0 Å². The quantitative estimate of drug-likeness (QED) is 0.697. The fraction of sp³-hybridized carbons (Fsp3) is 1.00. The van der Waals surface area contributed by atoms with Crippen molar-refractivity contribution in [1.82, 2.24) is 0 Å². The first-order chi connectivity index (χ1) is 5.74. The fourth-order valence-corrected chi connectivity index (χ4v) is 2.06. The Morgan fingerprint density at radius 3 is 1.77 bits per heavy atom. The van der Waals surface area contributed by atoms with E-state index in [9.17, 15) is 0 Å². The van der Waals surface area contributed by atoms with Crippen LogP contribution in [0.1, 0.15) is 54.4 Å². The minimum atomic E-state index is 0.328. The zero-order valence-electron chi connectivity index (χ0n) is 10.2. The highest BCUT2D eigenvalue weighted by Crippen LogP contribution is 2.32. The van der Waals surface area contributed by atoms with Crippen LogP contribution in [0.25, 0.3) is 0 Å². The molecule has 0 saturated carbocycles. The molecule has 0 saturated heterocycles. The summed E-state index contributed by atoms with van der Waals surface area (Å²) in [7, 11) is 0. The summed E-state index contributed by atoms with van der Waals surface area (Å²) in [5, 5.41) is 0. The van der Waals surface area contributed by atoms with Gasteiger partial charge in [0.1, 0.15) is 0 Å². The summed E-state index contributed by atoms with van der Waals surface area (Å²) < 4.78 is 0. The standard InChI is InChI=1S/C12H27N/c1-9(2)10(3)7-12(5,6)8-11(4)13/h9-11H,7-8,13H2,1-6H3. The van der Waals surface area contributed by atoms with Crippen LogP contribution < -0.4 is 5.73 Å². The second kappa shape index (κ2) is 4.99. The van der Waals surface area contributed by atoms with Crippen LogP contribution in [0.3, 0.4) is 0 Å². The van der Waals surface area contributed by atoms with E-state index >= 15 is 0 Å². The first-order valence-electron chi connectivity index (χ1n) is 5.50. The van der Waals surface area contributed by atoms with Crippen molar-refractivity contribution in [3.05, 3.63) is 0 Å². The molecule has 0 amide bonds. The van der Waals surface area contributed by atoms with Gasteiger partial charge in [0.25, 0.3) is 0 Å². The predicted octanol–water partition coefficient (Wildman–Crippen LogP) is 3.43. The van der Waals surface area contributed by atoms with Gasteiger partial charge in [-0.25, -0.2) is 0 Å². The third-order valence-corrected chi connectivity index (χ3v) is 2.89. The Kier molecular flexibility index (Phi) is 4.98. The molecule has 2 atom stereocenters. The first kappa shape index (κ1) is 13.0. The third kappa shape index (κ3) is 6.09. The van der Waals surface area contributed by atoms with Crippen molar-refractivity contribution in [2.24, 2.45) is 23.0 Å². The van der Waals surface area contributed by atoms with E-state index in [2.05, 4.69) is 41.5 Å². The normalized spacial score (nSPS) is 17.5. The van der Waals surface area contributed by atoms with Gasteiger partial charge in [-0.2, -0.15) is 0 Å². The van der Waals surface area contributed by atoms with E-state index in [0.717, 1.165) is 18.3 Å². The fourth-order valence-electron chi connectivity index (χ4n) is 2.06. The van der Waals surface area contributed by atoms with Crippen LogP contribution in [0.15, 0.2) is 0 Å². The van der Waals surface area contributed by atoms with Gasteiger partial charge in [-0.3, -0.25) is 0 Å². The van der Waals surface area contributed by atoms with Gasteiger partial charge in [-0.05, 0) is 37.0 Å². The van der Waals surface area contributed by atoms with E-state index in [-0.39, 0.29) is 0 Å². The summed E-state index contributed by atoms with van der Waals surface area (Å²) in [4.78, 5) is 0. The molecule has 0 aromatic heterocycles. The Bertz CT molecular complexity index is 136. The lowest BCUT2D eigenvalue weighted by atomic mass is 9.76. The molecular formula is C12H27N. The van der Waals surface area contributed by atoms with Gasteiger partial charge in [0.05, 0.1) is 0 Å². The molecule has 0 aliphatic rings. The van der Waals surface area contributed by atoms with Crippen LogP contribution in [-0.2, 0) is 0 Å². The molecule has 0 fully saturated rings. The molecule has 0 rings (SSSR count). The maximum absolute atomic E-state index is 5.83. The molecule has 0 aliphatic heterocycles. The zero-order chi connectivity index (χ0) is 10.6. The highest BCUT2D eigenvalue weighted by Gasteiger charge is 2.23. The molecule has 0 aromatic rings. The SMILES string of the molecule is CC(N)CC(C)(C)CC(C)C(C)C. The Labute approximate surface area is 84.1 Å². The summed E-state index contributed by atoms with van der Waals surface area (Å²) in [6, 6.07) is 0.328. The third-order valence-electron chi connectivity index (χ3n) is 2.89. The molecule has 1 nitrogen and oxygen atoms in total. The molecule has 1 heteroatoms. The van der Waals surface area contributed by atoms with Crippen LogP contribution in [0, 0.1) is 17.3 Å². The van der Waals surface area contributed by atoms with Crippen molar-refractivity contribution in [3.63, 3.8) is 0 Å². The lowest BCUT2D eigenvalue weighted by Crippen LogP contribution is -2.27. The van der Waals surface area contributed by atoms with E-state index in [1.165, 1.54) is 6.42 Å². The minimum Gasteiger partial charge on any atom is -0.328 e. The van der Waals surface area contributed by atoms with E-state index in [0.29, 0.717) is 11.5 Å². The lowest BCUT2D eigenvalue weighted by molar-refractivity contribution is 0.212. The van der Waals surface area contributed by atoms with E-state index in [1.54, 1.807) is 0 Å². The van der Waals surface area contributed by atoms with Gasteiger partial charge in [-0.15, -0.1) is 0 Å². The molecule has 0 heterocycles. The summed E-state index contributed by atoms with van der Waals surface area (Å²) >= 11 is 0. The Balaban J connectivity index is 4.00. The van der Waals surface area contributed by atoms with Crippen molar-refractivity contribution in [2.45, 2.75) is 60.4 Å². The number of hydrogen-bond acceptors (Lipinski definition) is 1. The van der Waals surface area contributed by atoms with Crippen LogP contribution in [0.2, 0.25) is 0 Å². The van der Waals surface area contributed by atoms with E-state index in [1.807, 2.05) is 0 Å². The molecule has 0 spiro atoms. The summed E-state index contributed by atoms with van der Waals surface area (Å²) in [6.45, 7) is 13.7. The number of rotatable bonds is 5. The molecule has 0 bridgehead atoms. The first-order valence-corrected chi connectivity index (χ1v) is 5.50. The monoisotopic (exact) mass is 185 g/mol. The molecule has 0 radical (unpaired) electrons. The van der Waals surface area contributed by atoms with E-state index < -0.39 is 0 Å². The summed E-state index contributed by atoms with van der Waals surface area (Å²) in [5.74, 6) is 1.58. The van der Waals surface area contributed by atoms with Crippen LogP contribution in [-0.4, -0.2) is 6.04 Å². The number of nitrogens with two attached hydrogens (primary N) is 1. The van der Waals surface area contributed by atoms with Gasteiger partial charge in [-0.1, -0.05) is 34.6 Å².